The highest BCUT2D eigenvalue weighted by atomic mass is 32.2. The standard InChI is InChI=1S/C9H18NO2.CH4O3S/c1-8(2)9(11)12-7-6-10(3,4)5;1-4-5(2)3/h1,6-7H2,2-5H3;1H3,(H,2,3)/q+1;/p-1. The first-order chi connectivity index (χ1) is 7.60. The van der Waals surface area contributed by atoms with E-state index in [0.717, 1.165) is 18.1 Å². The smallest absolute Gasteiger partial charge is 0.333 e. The molecule has 0 aromatic carbocycles. The van der Waals surface area contributed by atoms with Gasteiger partial charge >= 0.3 is 5.97 Å². The molecule has 0 rings (SSSR count). The molecule has 0 aromatic rings. The molecule has 0 saturated heterocycles. The van der Waals surface area contributed by atoms with Crippen LogP contribution >= 0.6 is 0 Å². The first kappa shape index (κ1) is 18.6. The van der Waals surface area contributed by atoms with Crippen LogP contribution in [-0.4, -0.2) is 60.6 Å². The van der Waals surface area contributed by atoms with Gasteiger partial charge in [0, 0.05) is 5.57 Å². The summed E-state index contributed by atoms with van der Waals surface area (Å²) >= 11 is -2.32. The topological polar surface area (TPSA) is 75.7 Å². The Bertz CT molecular complexity index is 272. The van der Waals surface area contributed by atoms with E-state index in [1.54, 1.807) is 6.92 Å². The van der Waals surface area contributed by atoms with Crippen molar-refractivity contribution in [3.8, 4) is 0 Å². The average molecular weight is 267 g/mol. The number of esters is 1. The minimum absolute atomic E-state index is 0.302. The van der Waals surface area contributed by atoms with E-state index >= 15 is 0 Å². The van der Waals surface area contributed by atoms with E-state index in [4.69, 9.17) is 13.5 Å². The first-order valence-electron chi connectivity index (χ1n) is 4.87. The van der Waals surface area contributed by atoms with Gasteiger partial charge in [0.1, 0.15) is 13.2 Å². The van der Waals surface area contributed by atoms with Crippen LogP contribution in [0.4, 0.5) is 0 Å². The molecule has 1 atom stereocenters. The molecule has 0 aromatic heterocycles. The summed E-state index contributed by atoms with van der Waals surface area (Å²) in [5.74, 6) is -0.302. The molecule has 0 N–H and O–H groups in total. The molecule has 0 radical (unpaired) electrons. The quantitative estimate of drug-likeness (QED) is 0.309. The molecule has 7 heteroatoms. The van der Waals surface area contributed by atoms with Crippen LogP contribution in [-0.2, 0) is 25.1 Å². The number of hydrogen-bond donors (Lipinski definition) is 0. The Morgan fingerprint density at radius 2 is 1.82 bits per heavy atom. The molecule has 0 fully saturated rings. The van der Waals surface area contributed by atoms with E-state index in [0.29, 0.717) is 12.2 Å². The maximum Gasteiger partial charge on any atom is 0.333 e. The van der Waals surface area contributed by atoms with Crippen LogP contribution in [0, 0.1) is 0 Å². The van der Waals surface area contributed by atoms with Gasteiger partial charge < -0.3 is 18.0 Å². The molecule has 17 heavy (non-hydrogen) atoms. The molecule has 0 amide bonds. The highest BCUT2D eigenvalue weighted by Gasteiger charge is 2.09. The molecule has 0 spiro atoms. The van der Waals surface area contributed by atoms with Crippen molar-refractivity contribution in [2.45, 2.75) is 6.92 Å². The average Bonchev–Trinajstić information content (AvgIpc) is 2.16. The Hall–Kier alpha value is -0.760. The van der Waals surface area contributed by atoms with Crippen molar-refractivity contribution >= 4 is 17.3 Å². The van der Waals surface area contributed by atoms with E-state index in [1.807, 2.05) is 0 Å². The lowest BCUT2D eigenvalue weighted by Gasteiger charge is -2.23. The van der Waals surface area contributed by atoms with Gasteiger partial charge in [-0.2, -0.15) is 0 Å². The van der Waals surface area contributed by atoms with Crippen molar-refractivity contribution in [1.29, 1.82) is 0 Å². The zero-order valence-corrected chi connectivity index (χ0v) is 11.8. The lowest BCUT2D eigenvalue weighted by atomic mass is 10.4. The molecule has 6 nitrogen and oxygen atoms in total. The van der Waals surface area contributed by atoms with E-state index in [2.05, 4.69) is 31.9 Å². The highest BCUT2D eigenvalue weighted by Crippen LogP contribution is 1.94. The lowest BCUT2D eigenvalue weighted by molar-refractivity contribution is -0.870. The van der Waals surface area contributed by atoms with Gasteiger partial charge in [-0.25, -0.2) is 9.00 Å². The summed E-state index contributed by atoms with van der Waals surface area (Å²) in [7, 11) is 7.24. The molecule has 1 unspecified atom stereocenters. The highest BCUT2D eigenvalue weighted by molar-refractivity contribution is 7.74. The molecule has 0 aliphatic heterocycles. The fourth-order valence-electron chi connectivity index (χ4n) is 0.535. The van der Waals surface area contributed by atoms with Crippen LogP contribution in [0.2, 0.25) is 0 Å². The first-order valence-corrected chi connectivity index (χ1v) is 5.87. The zero-order chi connectivity index (χ0) is 14.1. The molecule has 102 valence electrons. The summed E-state index contributed by atoms with van der Waals surface area (Å²) in [5, 5.41) is 0. The van der Waals surface area contributed by atoms with Crippen molar-refractivity contribution in [2.24, 2.45) is 0 Å². The Morgan fingerprint density at radius 1 is 1.41 bits per heavy atom. The van der Waals surface area contributed by atoms with Crippen molar-refractivity contribution in [2.75, 3.05) is 41.4 Å². The van der Waals surface area contributed by atoms with E-state index in [-0.39, 0.29) is 5.97 Å². The predicted octanol–water partition coefficient (Wildman–Crippen LogP) is 0.239. The molecule has 0 saturated carbocycles. The fourth-order valence-corrected chi connectivity index (χ4v) is 0.535. The fraction of sp³-hybridized carbons (Fsp3) is 0.700. The van der Waals surface area contributed by atoms with E-state index < -0.39 is 11.4 Å². The Labute approximate surface area is 105 Å². The summed E-state index contributed by atoms with van der Waals surface area (Å²) in [6, 6.07) is 0. The number of rotatable bonds is 5. The number of carbonyl (C=O) groups is 1. The van der Waals surface area contributed by atoms with Crippen LogP contribution in [0.1, 0.15) is 6.92 Å². The lowest BCUT2D eigenvalue weighted by Crippen LogP contribution is -2.38. The second kappa shape index (κ2) is 9.29. The monoisotopic (exact) mass is 267 g/mol. The molecule has 0 aliphatic carbocycles. The third-order valence-corrected chi connectivity index (χ3v) is 1.75. The normalized spacial score (nSPS) is 12.1. The van der Waals surface area contributed by atoms with Gasteiger partial charge in [-0.1, -0.05) is 6.58 Å². The van der Waals surface area contributed by atoms with Gasteiger partial charge in [-0.05, 0) is 6.92 Å². The Kier molecular flexibility index (Phi) is 10.2. The molecule has 0 aliphatic rings. The predicted molar refractivity (Wildman–Crippen MR) is 64.6 cm³/mol. The van der Waals surface area contributed by atoms with Crippen molar-refractivity contribution in [3.63, 3.8) is 0 Å². The van der Waals surface area contributed by atoms with Gasteiger partial charge in [0.05, 0.1) is 39.6 Å². The summed E-state index contributed by atoms with van der Waals surface area (Å²) in [6.07, 6.45) is 0. The molecular formula is C10H21NO5S. The summed E-state index contributed by atoms with van der Waals surface area (Å²) in [4.78, 5) is 10.9. The third kappa shape index (κ3) is 17.8. The van der Waals surface area contributed by atoms with E-state index in [9.17, 15) is 4.79 Å². The number of likely N-dealkylation sites (N-methyl/N-ethyl adjacent to an activating group) is 1. The molecule has 0 bridgehead atoms. The van der Waals surface area contributed by atoms with Gasteiger partial charge in [-0.15, -0.1) is 0 Å². The zero-order valence-electron chi connectivity index (χ0n) is 11.0. The third-order valence-electron chi connectivity index (χ3n) is 1.48. The Balaban J connectivity index is 0. The second-order valence-corrected chi connectivity index (χ2v) is 5.04. The number of ether oxygens (including phenoxy) is 1. The maximum atomic E-state index is 10.9. The number of carbonyl (C=O) groups excluding carboxylic acids is 1. The Morgan fingerprint density at radius 3 is 2.06 bits per heavy atom. The number of nitrogens with zero attached hydrogens (tertiary/aromatic N) is 1. The van der Waals surface area contributed by atoms with Crippen molar-refractivity contribution < 1.29 is 27.0 Å². The molecular weight excluding hydrogens is 246 g/mol. The number of hydrogen-bond acceptors (Lipinski definition) is 5. The second-order valence-electron chi connectivity index (χ2n) is 4.30. The number of quaternary nitrogens is 1. The minimum atomic E-state index is -2.32. The summed E-state index contributed by atoms with van der Waals surface area (Å²) < 4.78 is 27.7. The van der Waals surface area contributed by atoms with Crippen LogP contribution in [0.15, 0.2) is 12.2 Å². The van der Waals surface area contributed by atoms with Gasteiger partial charge in [0.2, 0.25) is 0 Å². The van der Waals surface area contributed by atoms with Crippen LogP contribution in [0.25, 0.3) is 0 Å². The van der Waals surface area contributed by atoms with Crippen LogP contribution < -0.4 is 0 Å². The van der Waals surface area contributed by atoms with Gasteiger partial charge in [0.15, 0.2) is 0 Å². The van der Waals surface area contributed by atoms with E-state index in [1.165, 1.54) is 0 Å². The maximum absolute atomic E-state index is 10.9. The van der Waals surface area contributed by atoms with Crippen LogP contribution in [0.5, 0.6) is 0 Å². The van der Waals surface area contributed by atoms with Crippen LogP contribution in [0.3, 0.4) is 0 Å². The SMILES string of the molecule is C=C(C)C(=O)OCC[N+](C)(C)C.COS(=O)[O-]. The van der Waals surface area contributed by atoms with Gasteiger partial charge in [-0.3, -0.25) is 0 Å². The summed E-state index contributed by atoms with van der Waals surface area (Å²) in [5.41, 5.74) is 0.455. The minimum Gasteiger partial charge on any atom is -0.750 e. The van der Waals surface area contributed by atoms with Gasteiger partial charge in [0.25, 0.3) is 0 Å². The largest absolute Gasteiger partial charge is 0.750 e. The van der Waals surface area contributed by atoms with Crippen molar-refractivity contribution in [1.82, 2.24) is 0 Å². The summed E-state index contributed by atoms with van der Waals surface area (Å²) in [6.45, 7) is 6.41. The molecule has 0 heterocycles. The van der Waals surface area contributed by atoms with Crippen molar-refractivity contribution in [3.05, 3.63) is 12.2 Å².